The Morgan fingerprint density at radius 1 is 0.867 bits per heavy atom. The molecule has 2 saturated heterocycles. The van der Waals surface area contributed by atoms with Gasteiger partial charge in [0, 0.05) is 26.2 Å². The topological polar surface area (TPSA) is 24.9 Å². The highest BCUT2D eigenvalue weighted by Gasteiger charge is 2.32. The minimum absolute atomic E-state index is 0.745. The van der Waals surface area contributed by atoms with Crippen molar-refractivity contribution in [2.24, 2.45) is 0 Å². The van der Waals surface area contributed by atoms with Gasteiger partial charge in [0.25, 0.3) is 0 Å². The lowest BCUT2D eigenvalue weighted by Gasteiger charge is -2.41. The zero-order valence-corrected chi connectivity index (χ0v) is 11.1. The van der Waals surface area contributed by atoms with E-state index < -0.39 is 5.69 Å². The number of morpholine rings is 2. The second kappa shape index (κ2) is 5.41. The van der Waals surface area contributed by atoms with Crippen molar-refractivity contribution >= 4 is 28.7 Å². The number of halogens is 1. The van der Waals surface area contributed by atoms with E-state index in [-0.39, 0.29) is 0 Å². The lowest BCUT2D eigenvalue weighted by Crippen LogP contribution is -2.41. The van der Waals surface area contributed by atoms with Crippen LogP contribution in [0, 0.1) is 0 Å². The van der Waals surface area contributed by atoms with E-state index in [0.29, 0.717) is 0 Å². The lowest BCUT2D eigenvalue weighted by atomic mass is 10.5. The summed E-state index contributed by atoms with van der Waals surface area (Å²) in [5.41, 5.74) is -2.03. The highest BCUT2D eigenvalue weighted by Crippen LogP contribution is 2.58. The SMILES string of the molecule is S=P(Cl)(N1CCOCC1)N1CCOCC1. The monoisotopic (exact) mass is 270 g/mol. The molecule has 0 saturated carbocycles. The molecule has 15 heavy (non-hydrogen) atoms. The maximum absolute atomic E-state index is 6.56. The number of hydrogen-bond donors (Lipinski definition) is 0. The molecule has 0 spiro atoms. The molecule has 0 aliphatic carbocycles. The first-order chi connectivity index (χ1) is 7.21. The van der Waals surface area contributed by atoms with Crippen LogP contribution in [0.3, 0.4) is 0 Å². The molecule has 0 radical (unpaired) electrons. The van der Waals surface area contributed by atoms with Crippen molar-refractivity contribution in [1.82, 2.24) is 9.34 Å². The van der Waals surface area contributed by atoms with E-state index in [1.54, 1.807) is 0 Å². The molecular formula is C8H16ClN2O2PS. The Labute approximate surface area is 100 Å². The average molecular weight is 271 g/mol. The van der Waals surface area contributed by atoms with Crippen molar-refractivity contribution in [2.75, 3.05) is 52.6 Å². The summed E-state index contributed by atoms with van der Waals surface area (Å²) < 4.78 is 15.0. The Bertz CT molecular complexity index is 235. The third-order valence-electron chi connectivity index (χ3n) is 2.67. The van der Waals surface area contributed by atoms with Crippen LogP contribution in [0.2, 0.25) is 0 Å². The maximum Gasteiger partial charge on any atom is 0.165 e. The third kappa shape index (κ3) is 2.91. The van der Waals surface area contributed by atoms with E-state index in [2.05, 4.69) is 9.34 Å². The van der Waals surface area contributed by atoms with E-state index in [0.717, 1.165) is 52.6 Å². The van der Waals surface area contributed by atoms with Gasteiger partial charge >= 0.3 is 0 Å². The molecule has 0 aromatic heterocycles. The molecule has 88 valence electrons. The average Bonchev–Trinajstić information content (AvgIpc) is 2.31. The minimum Gasteiger partial charge on any atom is -0.379 e. The van der Waals surface area contributed by atoms with Gasteiger partial charge in [-0.05, 0) is 11.8 Å². The molecule has 2 rings (SSSR count). The van der Waals surface area contributed by atoms with E-state index >= 15 is 0 Å². The number of rotatable bonds is 2. The van der Waals surface area contributed by atoms with Gasteiger partial charge in [0.05, 0.1) is 26.4 Å². The maximum atomic E-state index is 6.56. The molecule has 0 aromatic rings. The first kappa shape index (κ1) is 12.2. The second-order valence-corrected chi connectivity index (χ2v) is 9.23. The molecule has 0 atom stereocenters. The summed E-state index contributed by atoms with van der Waals surface area (Å²) in [5.74, 6) is 0. The number of nitrogens with zero attached hydrogens (tertiary/aromatic N) is 2. The summed E-state index contributed by atoms with van der Waals surface area (Å²) in [6.45, 7) is 6.42. The highest BCUT2D eigenvalue weighted by molar-refractivity contribution is 8.24. The molecule has 2 fully saturated rings. The van der Waals surface area contributed by atoms with Crippen molar-refractivity contribution in [1.29, 1.82) is 0 Å². The van der Waals surface area contributed by atoms with Crippen LogP contribution < -0.4 is 0 Å². The van der Waals surface area contributed by atoms with E-state index in [1.165, 1.54) is 0 Å². The van der Waals surface area contributed by atoms with Gasteiger partial charge < -0.3 is 9.47 Å². The second-order valence-electron chi connectivity index (χ2n) is 3.61. The van der Waals surface area contributed by atoms with Crippen LogP contribution in [-0.4, -0.2) is 61.9 Å². The van der Waals surface area contributed by atoms with Crippen LogP contribution in [-0.2, 0) is 21.3 Å². The van der Waals surface area contributed by atoms with Gasteiger partial charge in [-0.2, -0.15) is 0 Å². The summed E-state index contributed by atoms with van der Waals surface area (Å²) in [6.07, 6.45) is 0. The Morgan fingerprint density at radius 2 is 1.20 bits per heavy atom. The van der Waals surface area contributed by atoms with Crippen LogP contribution in [0.5, 0.6) is 0 Å². The van der Waals surface area contributed by atoms with Crippen LogP contribution in [0.1, 0.15) is 0 Å². The molecular weight excluding hydrogens is 255 g/mol. The number of hydrogen-bond acceptors (Lipinski definition) is 3. The molecule has 2 aliphatic heterocycles. The zero-order valence-electron chi connectivity index (χ0n) is 8.60. The fraction of sp³-hybridized carbons (Fsp3) is 1.00. The van der Waals surface area contributed by atoms with Crippen molar-refractivity contribution in [3.63, 3.8) is 0 Å². The largest absolute Gasteiger partial charge is 0.379 e. The van der Waals surface area contributed by atoms with Gasteiger partial charge in [-0.25, -0.2) is 9.34 Å². The van der Waals surface area contributed by atoms with E-state index in [9.17, 15) is 0 Å². The fourth-order valence-corrected chi connectivity index (χ4v) is 5.34. The summed E-state index contributed by atoms with van der Waals surface area (Å²) in [5, 5.41) is 0. The molecule has 0 amide bonds. The van der Waals surface area contributed by atoms with Gasteiger partial charge in [-0.1, -0.05) is 11.2 Å². The van der Waals surface area contributed by atoms with Crippen LogP contribution in [0.15, 0.2) is 0 Å². The predicted molar refractivity (Wildman–Crippen MR) is 64.9 cm³/mol. The summed E-state index contributed by atoms with van der Waals surface area (Å²) in [6, 6.07) is 0. The lowest BCUT2D eigenvalue weighted by molar-refractivity contribution is 0.0596. The van der Waals surface area contributed by atoms with Crippen molar-refractivity contribution in [3.8, 4) is 0 Å². The zero-order chi connectivity index (χ0) is 10.7. The van der Waals surface area contributed by atoms with Gasteiger partial charge in [0.2, 0.25) is 0 Å². The molecule has 0 N–H and O–H groups in total. The van der Waals surface area contributed by atoms with Crippen LogP contribution >= 0.6 is 16.9 Å². The Balaban J connectivity index is 1.99. The van der Waals surface area contributed by atoms with Gasteiger partial charge in [0.1, 0.15) is 0 Å². The first-order valence-electron chi connectivity index (χ1n) is 5.17. The molecule has 2 aliphatic rings. The molecule has 0 bridgehead atoms. The van der Waals surface area contributed by atoms with E-state index in [4.69, 9.17) is 32.5 Å². The smallest absolute Gasteiger partial charge is 0.165 e. The Morgan fingerprint density at radius 3 is 1.53 bits per heavy atom. The molecule has 0 aromatic carbocycles. The van der Waals surface area contributed by atoms with Gasteiger partial charge in [-0.15, -0.1) is 0 Å². The number of ether oxygens (including phenoxy) is 2. The van der Waals surface area contributed by atoms with E-state index in [1.807, 2.05) is 0 Å². The highest BCUT2D eigenvalue weighted by atomic mass is 35.7. The van der Waals surface area contributed by atoms with Crippen LogP contribution in [0.25, 0.3) is 0 Å². The quantitative estimate of drug-likeness (QED) is 0.700. The third-order valence-corrected chi connectivity index (χ3v) is 7.54. The molecule has 4 nitrogen and oxygen atoms in total. The Hall–Kier alpha value is 0.780. The summed E-state index contributed by atoms with van der Waals surface area (Å²) in [7, 11) is 0. The summed E-state index contributed by atoms with van der Waals surface area (Å²) in [4.78, 5) is 0. The standard InChI is InChI=1S/C8H16ClN2O2PS/c9-14(15,10-1-5-12-6-2-10)11-3-7-13-8-4-11/h1-8H2. The van der Waals surface area contributed by atoms with Crippen molar-refractivity contribution in [2.45, 2.75) is 0 Å². The first-order valence-corrected chi connectivity index (χ1v) is 8.78. The van der Waals surface area contributed by atoms with Crippen molar-refractivity contribution < 1.29 is 9.47 Å². The van der Waals surface area contributed by atoms with Crippen molar-refractivity contribution in [3.05, 3.63) is 0 Å². The minimum atomic E-state index is -2.03. The fourth-order valence-electron chi connectivity index (χ4n) is 1.78. The normalized spacial score (nSPS) is 26.7. The Kier molecular flexibility index (Phi) is 4.41. The molecule has 7 heteroatoms. The summed E-state index contributed by atoms with van der Waals surface area (Å²) >= 11 is 12.2. The predicted octanol–water partition coefficient (Wildman–Crippen LogP) is 1.11. The molecule has 2 heterocycles. The van der Waals surface area contributed by atoms with Crippen LogP contribution in [0.4, 0.5) is 0 Å². The molecule has 0 unspecified atom stereocenters. The van der Waals surface area contributed by atoms with Gasteiger partial charge in [-0.3, -0.25) is 0 Å². The van der Waals surface area contributed by atoms with Gasteiger partial charge in [0.15, 0.2) is 5.69 Å².